The Kier molecular flexibility index (Phi) is 8.13. The lowest BCUT2D eigenvalue weighted by atomic mass is 9.95. The average molecular weight is 464 g/mol. The molecule has 5 nitrogen and oxygen atoms in total. The van der Waals surface area contributed by atoms with E-state index in [0.29, 0.717) is 13.2 Å². The van der Waals surface area contributed by atoms with Gasteiger partial charge >= 0.3 is 0 Å². The number of hydrogen-bond acceptors (Lipinski definition) is 5. The molecule has 1 aliphatic heterocycles. The molecular weight excluding hydrogens is 430 g/mol. The van der Waals surface area contributed by atoms with Gasteiger partial charge in [-0.3, -0.25) is 9.69 Å². The Hall–Kier alpha value is -2.70. The number of piperidine rings is 1. The van der Waals surface area contributed by atoms with Gasteiger partial charge in [-0.15, -0.1) is 11.3 Å². The van der Waals surface area contributed by atoms with Crippen LogP contribution in [0.5, 0.6) is 5.75 Å². The monoisotopic (exact) mass is 463 g/mol. The zero-order valence-electron chi connectivity index (χ0n) is 19.5. The second kappa shape index (κ2) is 11.4. The van der Waals surface area contributed by atoms with Gasteiger partial charge in [-0.1, -0.05) is 49.4 Å². The van der Waals surface area contributed by atoms with Crippen LogP contribution in [0.15, 0.2) is 60.0 Å². The maximum Gasteiger partial charge on any atom is 0.226 e. The van der Waals surface area contributed by atoms with Gasteiger partial charge in [0, 0.05) is 11.9 Å². The first kappa shape index (κ1) is 23.5. The number of thiazole rings is 1. The van der Waals surface area contributed by atoms with Gasteiger partial charge in [-0.05, 0) is 56.5 Å². The van der Waals surface area contributed by atoms with Crippen molar-refractivity contribution in [3.05, 3.63) is 71.2 Å². The van der Waals surface area contributed by atoms with E-state index in [1.54, 1.807) is 11.3 Å². The topological polar surface area (TPSA) is 54.5 Å². The summed E-state index contributed by atoms with van der Waals surface area (Å²) in [5.41, 5.74) is 3.03. The lowest BCUT2D eigenvalue weighted by Crippen LogP contribution is -2.42. The Morgan fingerprint density at radius 3 is 2.64 bits per heavy atom. The average Bonchev–Trinajstić information content (AvgIpc) is 3.30. The number of amides is 1. The lowest BCUT2D eigenvalue weighted by molar-refractivity contribution is -0.120. The Bertz CT molecular complexity index is 1030. The molecule has 1 N–H and O–H groups in total. The SMILES string of the molecule is CCOc1ccccc1-c1nc(CC(=O)NCC(c2ccccc2)N2CCC(C)CC2)cs1. The van der Waals surface area contributed by atoms with E-state index in [1.807, 2.05) is 42.6 Å². The minimum absolute atomic E-state index is 0.0104. The number of ether oxygens (including phenoxy) is 1. The number of nitrogens with zero attached hydrogens (tertiary/aromatic N) is 2. The van der Waals surface area contributed by atoms with Crippen molar-refractivity contribution in [1.82, 2.24) is 15.2 Å². The van der Waals surface area contributed by atoms with Crippen molar-refractivity contribution >= 4 is 17.2 Å². The zero-order valence-corrected chi connectivity index (χ0v) is 20.3. The van der Waals surface area contributed by atoms with Crippen LogP contribution >= 0.6 is 11.3 Å². The molecule has 0 spiro atoms. The van der Waals surface area contributed by atoms with Crippen molar-refractivity contribution in [1.29, 1.82) is 0 Å². The molecule has 1 saturated heterocycles. The van der Waals surface area contributed by atoms with Crippen LogP contribution in [-0.4, -0.2) is 42.0 Å². The predicted octanol–water partition coefficient (Wildman–Crippen LogP) is 5.34. The first-order valence-electron chi connectivity index (χ1n) is 11.9. The van der Waals surface area contributed by atoms with E-state index < -0.39 is 0 Å². The lowest BCUT2D eigenvalue weighted by Gasteiger charge is -2.37. The van der Waals surface area contributed by atoms with Gasteiger partial charge in [0.2, 0.25) is 5.91 Å². The van der Waals surface area contributed by atoms with E-state index in [9.17, 15) is 4.79 Å². The third-order valence-corrected chi connectivity index (χ3v) is 7.17. The first-order valence-corrected chi connectivity index (χ1v) is 12.7. The van der Waals surface area contributed by atoms with Crippen molar-refractivity contribution in [2.45, 2.75) is 39.2 Å². The summed E-state index contributed by atoms with van der Waals surface area (Å²) in [6.07, 6.45) is 2.70. The van der Waals surface area contributed by atoms with Crippen LogP contribution in [-0.2, 0) is 11.2 Å². The van der Waals surface area contributed by atoms with Crippen LogP contribution in [0.25, 0.3) is 10.6 Å². The number of rotatable bonds is 9. The fraction of sp³-hybridized carbons (Fsp3) is 0.407. The molecule has 0 aliphatic carbocycles. The molecule has 1 unspecified atom stereocenters. The van der Waals surface area contributed by atoms with Gasteiger partial charge in [-0.25, -0.2) is 4.98 Å². The standard InChI is InChI=1S/C27H33N3O2S/c1-3-32-25-12-8-7-11-23(25)27-29-22(19-33-27)17-26(31)28-18-24(21-9-5-4-6-10-21)30-15-13-20(2)14-16-30/h4-12,19-20,24H,3,13-18H2,1-2H3,(H,28,31). The molecule has 1 aliphatic rings. The normalized spacial score (nSPS) is 15.8. The molecule has 0 saturated carbocycles. The minimum atomic E-state index is 0.0104. The van der Waals surface area contributed by atoms with E-state index in [1.165, 1.54) is 18.4 Å². The molecule has 6 heteroatoms. The number of aromatic nitrogens is 1. The van der Waals surface area contributed by atoms with Crippen molar-refractivity contribution < 1.29 is 9.53 Å². The molecule has 0 radical (unpaired) electrons. The number of para-hydroxylation sites is 1. The third-order valence-electron chi connectivity index (χ3n) is 6.25. The fourth-order valence-corrected chi connectivity index (χ4v) is 5.20. The molecule has 0 bridgehead atoms. The van der Waals surface area contributed by atoms with E-state index >= 15 is 0 Å². The largest absolute Gasteiger partial charge is 0.493 e. The highest BCUT2D eigenvalue weighted by molar-refractivity contribution is 7.13. The number of nitrogens with one attached hydrogen (secondary N) is 1. The Labute approximate surface area is 200 Å². The van der Waals surface area contributed by atoms with Gasteiger partial charge in [0.15, 0.2) is 0 Å². The smallest absolute Gasteiger partial charge is 0.226 e. The van der Waals surface area contributed by atoms with Crippen LogP contribution in [0.2, 0.25) is 0 Å². The van der Waals surface area contributed by atoms with Gasteiger partial charge in [0.05, 0.1) is 30.3 Å². The Balaban J connectivity index is 1.39. The van der Waals surface area contributed by atoms with Gasteiger partial charge in [-0.2, -0.15) is 0 Å². The maximum atomic E-state index is 12.8. The Morgan fingerprint density at radius 1 is 1.15 bits per heavy atom. The van der Waals surface area contributed by atoms with E-state index in [4.69, 9.17) is 9.72 Å². The maximum absolute atomic E-state index is 12.8. The number of carbonyl (C=O) groups is 1. The second-order valence-corrected chi connectivity index (χ2v) is 9.56. The summed E-state index contributed by atoms with van der Waals surface area (Å²) < 4.78 is 5.74. The molecule has 1 aromatic heterocycles. The molecule has 1 amide bonds. The zero-order chi connectivity index (χ0) is 23.0. The number of hydrogen-bond donors (Lipinski definition) is 1. The highest BCUT2D eigenvalue weighted by atomic mass is 32.1. The molecule has 3 aromatic rings. The summed E-state index contributed by atoms with van der Waals surface area (Å²) in [4.78, 5) is 20.0. The van der Waals surface area contributed by atoms with E-state index in [-0.39, 0.29) is 18.4 Å². The van der Waals surface area contributed by atoms with Crippen molar-refractivity contribution in [2.24, 2.45) is 5.92 Å². The van der Waals surface area contributed by atoms with Crippen LogP contribution in [0, 0.1) is 5.92 Å². The van der Waals surface area contributed by atoms with Crippen LogP contribution in [0.4, 0.5) is 0 Å². The summed E-state index contributed by atoms with van der Waals surface area (Å²) in [5.74, 6) is 1.61. The molecule has 33 heavy (non-hydrogen) atoms. The van der Waals surface area contributed by atoms with Gasteiger partial charge in [0.1, 0.15) is 10.8 Å². The first-order chi connectivity index (χ1) is 16.1. The fourth-order valence-electron chi connectivity index (χ4n) is 4.35. The van der Waals surface area contributed by atoms with E-state index in [0.717, 1.165) is 41.0 Å². The number of likely N-dealkylation sites (tertiary alicyclic amines) is 1. The quantitative estimate of drug-likeness (QED) is 0.465. The van der Waals surface area contributed by atoms with Gasteiger partial charge in [0.25, 0.3) is 0 Å². The van der Waals surface area contributed by atoms with E-state index in [2.05, 4.69) is 41.4 Å². The molecule has 1 atom stereocenters. The van der Waals surface area contributed by atoms with Crippen LogP contribution < -0.4 is 10.1 Å². The molecule has 2 heterocycles. The van der Waals surface area contributed by atoms with Gasteiger partial charge < -0.3 is 10.1 Å². The summed E-state index contributed by atoms with van der Waals surface area (Å²) in [6, 6.07) is 18.6. The Morgan fingerprint density at radius 2 is 1.88 bits per heavy atom. The highest BCUT2D eigenvalue weighted by Crippen LogP contribution is 2.32. The van der Waals surface area contributed by atoms with Crippen LogP contribution in [0.1, 0.15) is 44.0 Å². The van der Waals surface area contributed by atoms with Crippen molar-refractivity contribution in [3.63, 3.8) is 0 Å². The molecule has 1 fully saturated rings. The predicted molar refractivity (Wildman–Crippen MR) is 135 cm³/mol. The third kappa shape index (κ3) is 6.21. The second-order valence-electron chi connectivity index (χ2n) is 8.70. The highest BCUT2D eigenvalue weighted by Gasteiger charge is 2.25. The molecule has 2 aromatic carbocycles. The molecule has 4 rings (SSSR count). The van der Waals surface area contributed by atoms with Crippen molar-refractivity contribution in [3.8, 4) is 16.3 Å². The summed E-state index contributed by atoms with van der Waals surface area (Å²) in [5, 5.41) is 6.03. The summed E-state index contributed by atoms with van der Waals surface area (Å²) in [7, 11) is 0. The molecule has 174 valence electrons. The molecular formula is C27H33N3O2S. The van der Waals surface area contributed by atoms with Crippen molar-refractivity contribution in [2.75, 3.05) is 26.2 Å². The minimum Gasteiger partial charge on any atom is -0.493 e. The number of benzene rings is 2. The summed E-state index contributed by atoms with van der Waals surface area (Å²) >= 11 is 1.55. The van der Waals surface area contributed by atoms with Crippen LogP contribution in [0.3, 0.4) is 0 Å². The number of carbonyl (C=O) groups excluding carboxylic acids is 1. The summed E-state index contributed by atoms with van der Waals surface area (Å²) in [6.45, 7) is 7.67.